The third-order valence-electron chi connectivity index (χ3n) is 5.07. The number of ether oxygens (including phenoxy) is 2. The van der Waals surface area contributed by atoms with E-state index in [4.69, 9.17) is 15.2 Å². The molecule has 0 spiro atoms. The van der Waals surface area contributed by atoms with Crippen LogP contribution in [0.3, 0.4) is 0 Å². The van der Waals surface area contributed by atoms with Crippen LogP contribution in [0.4, 0.5) is 4.79 Å². The van der Waals surface area contributed by atoms with Gasteiger partial charge in [0.25, 0.3) is 11.1 Å². The maximum atomic E-state index is 12.5. The van der Waals surface area contributed by atoms with Gasteiger partial charge >= 0.3 is 0 Å². The van der Waals surface area contributed by atoms with Crippen molar-refractivity contribution in [3.63, 3.8) is 0 Å². The molecule has 3 amide bonds. The zero-order valence-electron chi connectivity index (χ0n) is 18.2. The molecular weight excluding hydrogens is 567 g/mol. The zero-order valence-corrected chi connectivity index (χ0v) is 21.2. The summed E-state index contributed by atoms with van der Waals surface area (Å²) in [7, 11) is 0. The second-order valence-electron chi connectivity index (χ2n) is 7.42. The molecule has 0 saturated carbocycles. The fraction of sp³-hybridized carbons (Fsp3) is 0.160. The van der Waals surface area contributed by atoms with Gasteiger partial charge in [0.05, 0.1) is 15.1 Å². The summed E-state index contributed by atoms with van der Waals surface area (Å²) in [5, 5.41) is 1.75. The lowest BCUT2D eigenvalue weighted by Crippen LogP contribution is -2.36. The highest BCUT2D eigenvalue weighted by atomic mass is 127. The van der Waals surface area contributed by atoms with Crippen molar-refractivity contribution in [1.29, 1.82) is 0 Å². The molecule has 0 radical (unpaired) electrons. The fourth-order valence-corrected chi connectivity index (χ4v) is 5.21. The normalized spacial score (nSPS) is 14.8. The summed E-state index contributed by atoms with van der Waals surface area (Å²) in [6.45, 7) is 2.23. The number of thioether (sulfide) groups is 1. The molecule has 1 aliphatic heterocycles. The van der Waals surface area contributed by atoms with Crippen molar-refractivity contribution in [1.82, 2.24) is 4.90 Å². The molecule has 1 aliphatic rings. The lowest BCUT2D eigenvalue weighted by atomic mass is 10.1. The maximum absolute atomic E-state index is 12.5. The van der Waals surface area contributed by atoms with Crippen molar-refractivity contribution in [3.05, 3.63) is 74.2 Å². The van der Waals surface area contributed by atoms with Gasteiger partial charge in [-0.2, -0.15) is 0 Å². The van der Waals surface area contributed by atoms with Crippen molar-refractivity contribution in [2.24, 2.45) is 5.73 Å². The van der Waals surface area contributed by atoms with Crippen LogP contribution in [0.15, 0.2) is 59.5 Å². The Hall–Kier alpha value is -3.05. The number of hydrogen-bond donors (Lipinski definition) is 1. The largest absolute Gasteiger partial charge is 0.490 e. The average Bonchev–Trinajstić information content (AvgIpc) is 3.05. The van der Waals surface area contributed by atoms with Crippen LogP contribution in [0.25, 0.3) is 16.8 Å². The van der Waals surface area contributed by atoms with Gasteiger partial charge < -0.3 is 15.2 Å². The Morgan fingerprint density at radius 2 is 1.88 bits per heavy atom. The number of benzene rings is 3. The van der Waals surface area contributed by atoms with Crippen LogP contribution in [0.5, 0.6) is 11.5 Å². The Morgan fingerprint density at radius 3 is 2.65 bits per heavy atom. The van der Waals surface area contributed by atoms with Crippen LogP contribution in [0, 0.1) is 3.57 Å². The zero-order chi connectivity index (χ0) is 24.2. The van der Waals surface area contributed by atoms with Gasteiger partial charge in [-0.1, -0.05) is 42.5 Å². The lowest BCUT2D eigenvalue weighted by molar-refractivity contribution is -0.127. The molecule has 0 unspecified atom stereocenters. The highest BCUT2D eigenvalue weighted by Gasteiger charge is 2.35. The van der Waals surface area contributed by atoms with Crippen molar-refractivity contribution in [2.45, 2.75) is 13.5 Å². The molecule has 2 N–H and O–H groups in total. The van der Waals surface area contributed by atoms with E-state index in [2.05, 4.69) is 40.8 Å². The number of primary amides is 1. The summed E-state index contributed by atoms with van der Waals surface area (Å²) < 4.78 is 12.8. The van der Waals surface area contributed by atoms with Gasteiger partial charge in [0, 0.05) is 0 Å². The average molecular weight is 588 g/mol. The van der Waals surface area contributed by atoms with Crippen molar-refractivity contribution in [2.75, 3.05) is 13.2 Å². The van der Waals surface area contributed by atoms with Crippen LogP contribution in [-0.4, -0.2) is 35.1 Å². The molecule has 4 rings (SSSR count). The minimum absolute atomic E-state index is 0.217. The number of carbonyl (C=O) groups is 3. The highest BCUT2D eigenvalue weighted by Crippen LogP contribution is 2.38. The van der Waals surface area contributed by atoms with Crippen molar-refractivity contribution in [3.8, 4) is 11.5 Å². The number of carbonyl (C=O) groups excluding carboxylic acids is 3. The SMILES string of the molecule is CCOc1cc(/C=C2\SC(=O)N(CC(N)=O)C2=O)cc(I)c1OCc1cccc2ccccc12. The number of imide groups is 1. The maximum Gasteiger partial charge on any atom is 0.294 e. The molecule has 1 heterocycles. The molecular formula is C25H21IN2O5S. The van der Waals surface area contributed by atoms with E-state index in [0.717, 1.165) is 36.6 Å². The summed E-state index contributed by atoms with van der Waals surface area (Å²) in [5.41, 5.74) is 6.88. The number of fused-ring (bicyclic) bond motifs is 1. The van der Waals surface area contributed by atoms with Crippen LogP contribution in [-0.2, 0) is 16.2 Å². The molecule has 0 aliphatic carbocycles. The van der Waals surface area contributed by atoms with Crippen LogP contribution in [0.2, 0.25) is 0 Å². The smallest absolute Gasteiger partial charge is 0.294 e. The number of nitrogens with zero attached hydrogens (tertiary/aromatic N) is 1. The standard InChI is InChI=1S/C25H21IN2O5S/c1-2-32-20-11-15(12-21-24(30)28(13-22(27)29)25(31)34-21)10-19(26)23(20)33-14-17-8-5-7-16-6-3-4-9-18(16)17/h3-12H,2,13-14H2,1H3,(H2,27,29)/b21-12-. The number of rotatable bonds is 8. The van der Waals surface area contributed by atoms with Gasteiger partial charge in [-0.3, -0.25) is 19.3 Å². The number of halogens is 1. The number of hydrogen-bond acceptors (Lipinski definition) is 6. The molecule has 1 fully saturated rings. The summed E-state index contributed by atoms with van der Waals surface area (Å²) in [6.07, 6.45) is 1.60. The summed E-state index contributed by atoms with van der Waals surface area (Å²) in [4.78, 5) is 36.9. The monoisotopic (exact) mass is 588 g/mol. The Balaban J connectivity index is 1.61. The number of nitrogens with two attached hydrogens (primary N) is 1. The van der Waals surface area contributed by atoms with Gasteiger partial charge in [0.15, 0.2) is 11.5 Å². The molecule has 0 atom stereocenters. The van der Waals surface area contributed by atoms with E-state index in [-0.39, 0.29) is 4.91 Å². The van der Waals surface area contributed by atoms with E-state index < -0.39 is 23.6 Å². The lowest BCUT2D eigenvalue weighted by Gasteiger charge is -2.16. The summed E-state index contributed by atoms with van der Waals surface area (Å²) in [6, 6.07) is 17.9. The second kappa shape index (κ2) is 10.5. The Morgan fingerprint density at radius 1 is 1.12 bits per heavy atom. The minimum atomic E-state index is -0.746. The Kier molecular flexibility index (Phi) is 7.42. The quantitative estimate of drug-likeness (QED) is 0.296. The van der Waals surface area contributed by atoms with Crippen LogP contribution < -0.4 is 15.2 Å². The molecule has 3 aromatic rings. The van der Waals surface area contributed by atoms with Gasteiger partial charge in [-0.25, -0.2) is 0 Å². The van der Waals surface area contributed by atoms with E-state index in [9.17, 15) is 14.4 Å². The fourth-order valence-electron chi connectivity index (χ4n) is 3.59. The van der Waals surface area contributed by atoms with Crippen LogP contribution in [0.1, 0.15) is 18.1 Å². The highest BCUT2D eigenvalue weighted by molar-refractivity contribution is 14.1. The molecule has 1 saturated heterocycles. The van der Waals surface area contributed by atoms with Gasteiger partial charge in [-0.05, 0) is 81.4 Å². The molecule has 174 valence electrons. The predicted octanol–water partition coefficient (Wildman–Crippen LogP) is 4.94. The molecule has 9 heteroatoms. The van der Waals surface area contributed by atoms with E-state index in [0.29, 0.717) is 30.3 Å². The van der Waals surface area contributed by atoms with E-state index in [1.54, 1.807) is 12.1 Å². The first-order valence-electron chi connectivity index (χ1n) is 10.5. The summed E-state index contributed by atoms with van der Waals surface area (Å²) >= 11 is 2.94. The van der Waals surface area contributed by atoms with Gasteiger partial charge in [0.1, 0.15) is 13.2 Å². The topological polar surface area (TPSA) is 98.9 Å². The summed E-state index contributed by atoms with van der Waals surface area (Å²) in [5.74, 6) is -0.144. The molecule has 3 aromatic carbocycles. The third kappa shape index (κ3) is 5.20. The van der Waals surface area contributed by atoms with E-state index in [1.165, 1.54) is 0 Å². The first-order chi connectivity index (χ1) is 16.4. The molecule has 7 nitrogen and oxygen atoms in total. The van der Waals surface area contributed by atoms with Crippen molar-refractivity contribution >= 4 is 68.3 Å². The van der Waals surface area contributed by atoms with Gasteiger partial charge in [-0.15, -0.1) is 0 Å². The van der Waals surface area contributed by atoms with Crippen LogP contribution >= 0.6 is 34.4 Å². The minimum Gasteiger partial charge on any atom is -0.490 e. The molecule has 0 bridgehead atoms. The second-order valence-corrected chi connectivity index (χ2v) is 9.58. The Labute approximate surface area is 214 Å². The third-order valence-corrected chi connectivity index (χ3v) is 6.78. The predicted molar refractivity (Wildman–Crippen MR) is 140 cm³/mol. The molecule has 34 heavy (non-hydrogen) atoms. The van der Waals surface area contributed by atoms with Crippen molar-refractivity contribution < 1.29 is 23.9 Å². The number of amides is 3. The first kappa shape index (κ1) is 24.1. The van der Waals surface area contributed by atoms with E-state index >= 15 is 0 Å². The van der Waals surface area contributed by atoms with E-state index in [1.807, 2.05) is 37.3 Å². The molecule has 0 aromatic heterocycles. The first-order valence-corrected chi connectivity index (χ1v) is 12.4. The van der Waals surface area contributed by atoms with Gasteiger partial charge in [0.2, 0.25) is 5.91 Å². The Bertz CT molecular complexity index is 1320.